The van der Waals surface area contributed by atoms with Crippen LogP contribution in [0.2, 0.25) is 5.02 Å². The Bertz CT molecular complexity index is 863. The number of carbonyl (C=O) groups is 2. The Morgan fingerprint density at radius 3 is 2.39 bits per heavy atom. The van der Waals surface area contributed by atoms with Crippen molar-refractivity contribution < 1.29 is 9.59 Å². The maximum atomic E-state index is 13.2. The summed E-state index contributed by atoms with van der Waals surface area (Å²) in [6.07, 6.45) is 1.34. The highest BCUT2D eigenvalue weighted by molar-refractivity contribution is 6.31. The minimum atomic E-state index is -0.0225. The third-order valence-corrected chi connectivity index (χ3v) is 5.70. The number of halogens is 1. The molecule has 2 aliphatic rings. The summed E-state index contributed by atoms with van der Waals surface area (Å²) >= 11 is 6.16. The summed E-state index contributed by atoms with van der Waals surface area (Å²) in [4.78, 5) is 31.3. The van der Waals surface area contributed by atoms with Crippen molar-refractivity contribution in [3.05, 3.63) is 64.7 Å². The third kappa shape index (κ3) is 4.05. The first-order chi connectivity index (χ1) is 13.6. The second-order valence-corrected chi connectivity index (χ2v) is 7.80. The summed E-state index contributed by atoms with van der Waals surface area (Å²) in [5.41, 5.74) is 2.50. The Morgan fingerprint density at radius 1 is 0.964 bits per heavy atom. The van der Waals surface area contributed by atoms with Gasteiger partial charge in [0.25, 0.3) is 5.91 Å². The lowest BCUT2D eigenvalue weighted by molar-refractivity contribution is -0.117. The zero-order valence-corrected chi connectivity index (χ0v) is 16.6. The van der Waals surface area contributed by atoms with Gasteiger partial charge in [0.05, 0.1) is 11.3 Å². The predicted molar refractivity (Wildman–Crippen MR) is 111 cm³/mol. The largest absolute Gasteiger partial charge is 0.336 e. The highest BCUT2D eigenvalue weighted by Gasteiger charge is 2.29. The summed E-state index contributed by atoms with van der Waals surface area (Å²) in [5, 5.41) is 0.541. The van der Waals surface area contributed by atoms with Gasteiger partial charge >= 0.3 is 0 Å². The molecule has 0 unspecified atom stereocenters. The van der Waals surface area contributed by atoms with Crippen LogP contribution >= 0.6 is 11.6 Å². The SMILES string of the molecule is O=C(c1ccc(Cl)cc1N1CCCC1=O)N1CCN(Cc2ccccc2)CC1. The number of anilines is 1. The van der Waals surface area contributed by atoms with Crippen molar-refractivity contribution in [3.8, 4) is 0 Å². The number of piperazine rings is 1. The van der Waals surface area contributed by atoms with Crippen LogP contribution in [0.25, 0.3) is 0 Å². The Morgan fingerprint density at radius 2 is 1.71 bits per heavy atom. The average molecular weight is 398 g/mol. The summed E-state index contributed by atoms with van der Waals surface area (Å²) in [6, 6.07) is 15.6. The number of benzene rings is 2. The molecule has 2 aliphatic heterocycles. The molecule has 0 spiro atoms. The molecule has 2 amide bonds. The molecule has 0 N–H and O–H groups in total. The number of hydrogen-bond acceptors (Lipinski definition) is 3. The number of carbonyl (C=O) groups excluding carboxylic acids is 2. The molecule has 2 heterocycles. The zero-order valence-electron chi connectivity index (χ0n) is 15.8. The van der Waals surface area contributed by atoms with E-state index in [1.807, 2.05) is 11.0 Å². The number of nitrogens with zero attached hydrogens (tertiary/aromatic N) is 3. The fraction of sp³-hybridized carbons (Fsp3) is 0.364. The molecule has 28 heavy (non-hydrogen) atoms. The quantitative estimate of drug-likeness (QED) is 0.794. The van der Waals surface area contributed by atoms with E-state index in [1.165, 1.54) is 5.56 Å². The molecule has 4 rings (SSSR count). The van der Waals surface area contributed by atoms with Crippen LogP contribution in [0.3, 0.4) is 0 Å². The van der Waals surface area contributed by atoms with Gasteiger partial charge in [0.1, 0.15) is 0 Å². The molecular formula is C22H24ClN3O2. The molecular weight excluding hydrogens is 374 g/mol. The van der Waals surface area contributed by atoms with Crippen LogP contribution in [-0.4, -0.2) is 54.3 Å². The summed E-state index contributed by atoms with van der Waals surface area (Å²) in [5.74, 6) is 0.0368. The van der Waals surface area contributed by atoms with Gasteiger partial charge in [0.2, 0.25) is 5.91 Å². The van der Waals surface area contributed by atoms with Gasteiger partial charge in [-0.05, 0) is 30.2 Å². The smallest absolute Gasteiger partial charge is 0.256 e. The molecule has 0 atom stereocenters. The molecule has 0 saturated carbocycles. The van der Waals surface area contributed by atoms with E-state index in [-0.39, 0.29) is 11.8 Å². The van der Waals surface area contributed by atoms with E-state index in [2.05, 4.69) is 29.2 Å². The predicted octanol–water partition coefficient (Wildman–Crippen LogP) is 3.42. The van der Waals surface area contributed by atoms with E-state index in [1.54, 1.807) is 23.1 Å². The molecule has 0 aromatic heterocycles. The van der Waals surface area contributed by atoms with Crippen molar-refractivity contribution in [2.75, 3.05) is 37.6 Å². The van der Waals surface area contributed by atoms with Crippen molar-refractivity contribution in [2.24, 2.45) is 0 Å². The van der Waals surface area contributed by atoms with E-state index >= 15 is 0 Å². The van der Waals surface area contributed by atoms with Gasteiger partial charge in [-0.1, -0.05) is 41.9 Å². The fourth-order valence-electron chi connectivity index (χ4n) is 3.93. The zero-order chi connectivity index (χ0) is 19.5. The Hall–Kier alpha value is -2.37. The molecule has 0 bridgehead atoms. The van der Waals surface area contributed by atoms with E-state index in [4.69, 9.17) is 11.6 Å². The van der Waals surface area contributed by atoms with Crippen molar-refractivity contribution in [1.29, 1.82) is 0 Å². The Kier molecular flexibility index (Phi) is 5.64. The molecule has 0 radical (unpaired) electrons. The monoisotopic (exact) mass is 397 g/mol. The molecule has 2 fully saturated rings. The normalized spacial score (nSPS) is 18.0. The lowest BCUT2D eigenvalue weighted by atomic mass is 10.1. The maximum absolute atomic E-state index is 13.2. The van der Waals surface area contributed by atoms with E-state index < -0.39 is 0 Å². The number of rotatable bonds is 4. The first kappa shape index (κ1) is 19.0. The summed E-state index contributed by atoms with van der Waals surface area (Å²) in [6.45, 7) is 4.59. The van der Waals surface area contributed by atoms with Crippen LogP contribution in [0.1, 0.15) is 28.8 Å². The Labute approximate surface area is 170 Å². The maximum Gasteiger partial charge on any atom is 0.256 e. The van der Waals surface area contributed by atoms with Crippen LogP contribution in [0.4, 0.5) is 5.69 Å². The van der Waals surface area contributed by atoms with Crippen molar-refractivity contribution in [1.82, 2.24) is 9.80 Å². The molecule has 6 heteroatoms. The van der Waals surface area contributed by atoms with Gasteiger partial charge in [0, 0.05) is 50.7 Å². The van der Waals surface area contributed by atoms with Gasteiger partial charge in [-0.2, -0.15) is 0 Å². The summed E-state index contributed by atoms with van der Waals surface area (Å²) in [7, 11) is 0. The van der Waals surface area contributed by atoms with Gasteiger partial charge in [-0.15, -0.1) is 0 Å². The van der Waals surface area contributed by atoms with Crippen molar-refractivity contribution >= 4 is 29.1 Å². The third-order valence-electron chi connectivity index (χ3n) is 5.46. The second-order valence-electron chi connectivity index (χ2n) is 7.36. The lowest BCUT2D eigenvalue weighted by Crippen LogP contribution is -2.48. The highest BCUT2D eigenvalue weighted by Crippen LogP contribution is 2.30. The standard InChI is InChI=1S/C22H24ClN3O2/c23-18-8-9-19(20(15-18)26-10-4-7-21(26)27)22(28)25-13-11-24(12-14-25)16-17-5-2-1-3-6-17/h1-3,5-6,8-9,15H,4,7,10-14,16H2. The van der Waals surface area contributed by atoms with E-state index in [0.717, 1.165) is 26.1 Å². The van der Waals surface area contributed by atoms with Gasteiger partial charge < -0.3 is 9.80 Å². The second kappa shape index (κ2) is 8.33. The topological polar surface area (TPSA) is 43.9 Å². The fourth-order valence-corrected chi connectivity index (χ4v) is 4.10. The van der Waals surface area contributed by atoms with Crippen LogP contribution in [0.5, 0.6) is 0 Å². The van der Waals surface area contributed by atoms with E-state index in [0.29, 0.717) is 42.3 Å². The molecule has 0 aliphatic carbocycles. The molecule has 5 nitrogen and oxygen atoms in total. The minimum absolute atomic E-state index is 0.0225. The molecule has 2 saturated heterocycles. The van der Waals surface area contributed by atoms with Crippen molar-refractivity contribution in [2.45, 2.75) is 19.4 Å². The van der Waals surface area contributed by atoms with Gasteiger partial charge in [-0.3, -0.25) is 14.5 Å². The number of hydrogen-bond donors (Lipinski definition) is 0. The van der Waals surface area contributed by atoms with Crippen molar-refractivity contribution in [3.63, 3.8) is 0 Å². The molecule has 146 valence electrons. The van der Waals surface area contributed by atoms with Crippen LogP contribution in [-0.2, 0) is 11.3 Å². The molecule has 2 aromatic rings. The highest BCUT2D eigenvalue weighted by atomic mass is 35.5. The van der Waals surface area contributed by atoms with Gasteiger partial charge in [0.15, 0.2) is 0 Å². The summed E-state index contributed by atoms with van der Waals surface area (Å²) < 4.78 is 0. The molecule has 2 aromatic carbocycles. The van der Waals surface area contributed by atoms with E-state index in [9.17, 15) is 9.59 Å². The van der Waals surface area contributed by atoms with Crippen LogP contribution < -0.4 is 4.90 Å². The van der Waals surface area contributed by atoms with Crippen LogP contribution in [0.15, 0.2) is 48.5 Å². The first-order valence-corrected chi connectivity index (χ1v) is 10.1. The van der Waals surface area contributed by atoms with Gasteiger partial charge in [-0.25, -0.2) is 0 Å². The average Bonchev–Trinajstić information content (AvgIpc) is 3.14. The Balaban J connectivity index is 1.45. The number of amides is 2. The lowest BCUT2D eigenvalue weighted by Gasteiger charge is -2.35. The van der Waals surface area contributed by atoms with Crippen LogP contribution in [0, 0.1) is 0 Å². The minimum Gasteiger partial charge on any atom is -0.336 e. The first-order valence-electron chi connectivity index (χ1n) is 9.77.